The number of rotatable bonds is 3. The van der Waals surface area contributed by atoms with E-state index in [0.717, 1.165) is 22.6 Å². The van der Waals surface area contributed by atoms with Crippen LogP contribution in [0.5, 0.6) is 11.5 Å². The molecule has 0 spiro atoms. The third kappa shape index (κ3) is 1.87. The summed E-state index contributed by atoms with van der Waals surface area (Å²) >= 11 is 0. The van der Waals surface area contributed by atoms with Crippen LogP contribution in [-0.4, -0.2) is 28.8 Å². The molecule has 5 nitrogen and oxygen atoms in total. The van der Waals surface area contributed by atoms with Crippen LogP contribution in [-0.2, 0) is 0 Å². The fraction of sp³-hybridized carbons (Fsp3) is 0.200. The van der Waals surface area contributed by atoms with E-state index in [-0.39, 0.29) is 0 Å². The van der Waals surface area contributed by atoms with Crippen molar-refractivity contribution in [3.63, 3.8) is 0 Å². The molecular formula is C15H15N3O2. The minimum absolute atomic E-state index is 0.680. The molecule has 3 rings (SSSR count). The molecule has 0 unspecified atom stereocenters. The first-order valence-electron chi connectivity index (χ1n) is 6.27. The first-order chi connectivity index (χ1) is 9.74. The summed E-state index contributed by atoms with van der Waals surface area (Å²) in [6.45, 7) is 1.97. The Balaban J connectivity index is 2.22. The van der Waals surface area contributed by atoms with Gasteiger partial charge >= 0.3 is 0 Å². The highest BCUT2D eigenvalue weighted by Crippen LogP contribution is 2.36. The van der Waals surface area contributed by atoms with Gasteiger partial charge in [-0.3, -0.25) is 0 Å². The summed E-state index contributed by atoms with van der Waals surface area (Å²) in [4.78, 5) is 4.27. The van der Waals surface area contributed by atoms with Crippen LogP contribution in [0.2, 0.25) is 0 Å². The number of hydrogen-bond donors (Lipinski definition) is 0. The third-order valence-electron chi connectivity index (χ3n) is 3.21. The van der Waals surface area contributed by atoms with Crippen molar-refractivity contribution in [1.29, 1.82) is 0 Å². The largest absolute Gasteiger partial charge is 0.493 e. The van der Waals surface area contributed by atoms with Gasteiger partial charge in [-0.1, -0.05) is 6.07 Å². The quantitative estimate of drug-likeness (QED) is 0.733. The molecule has 0 bridgehead atoms. The van der Waals surface area contributed by atoms with E-state index in [2.05, 4.69) is 10.1 Å². The van der Waals surface area contributed by atoms with Gasteiger partial charge in [-0.05, 0) is 31.2 Å². The van der Waals surface area contributed by atoms with Gasteiger partial charge in [0.05, 0.1) is 31.8 Å². The Bertz CT molecular complexity index is 765. The lowest BCUT2D eigenvalue weighted by atomic mass is 10.1. The number of nitrogens with zero attached hydrogens (tertiary/aromatic N) is 3. The summed E-state index contributed by atoms with van der Waals surface area (Å²) in [5.74, 6) is 1.37. The standard InChI is InChI=1S/C15H15N3O2/c1-10-9-16-14-8-7-12(17-18(10)14)11-5-4-6-13(19-2)15(11)20-3/h4-9H,1-3H3. The Morgan fingerprint density at radius 2 is 1.90 bits per heavy atom. The number of imidazole rings is 1. The lowest BCUT2D eigenvalue weighted by Gasteiger charge is -2.12. The van der Waals surface area contributed by atoms with Crippen LogP contribution in [0.25, 0.3) is 16.9 Å². The van der Waals surface area contributed by atoms with E-state index in [4.69, 9.17) is 9.47 Å². The first kappa shape index (κ1) is 12.5. The van der Waals surface area contributed by atoms with Gasteiger partial charge in [0, 0.05) is 5.56 Å². The van der Waals surface area contributed by atoms with Crippen LogP contribution >= 0.6 is 0 Å². The minimum Gasteiger partial charge on any atom is -0.493 e. The lowest BCUT2D eigenvalue weighted by Crippen LogP contribution is -1.98. The zero-order valence-corrected chi connectivity index (χ0v) is 11.6. The first-order valence-corrected chi connectivity index (χ1v) is 6.27. The molecule has 5 heteroatoms. The second-order valence-corrected chi connectivity index (χ2v) is 4.43. The Kier molecular flexibility index (Phi) is 3.02. The van der Waals surface area contributed by atoms with Crippen molar-refractivity contribution in [1.82, 2.24) is 14.6 Å². The monoisotopic (exact) mass is 269 g/mol. The molecule has 0 aliphatic rings. The van der Waals surface area contributed by atoms with Gasteiger partial charge in [0.15, 0.2) is 17.1 Å². The molecule has 0 atom stereocenters. The summed E-state index contributed by atoms with van der Waals surface area (Å²) in [5.41, 5.74) is 3.52. The van der Waals surface area contributed by atoms with Crippen molar-refractivity contribution < 1.29 is 9.47 Å². The van der Waals surface area contributed by atoms with E-state index in [1.807, 2.05) is 41.8 Å². The normalized spacial score (nSPS) is 10.8. The van der Waals surface area contributed by atoms with Crippen molar-refractivity contribution in [3.05, 3.63) is 42.2 Å². The number of benzene rings is 1. The van der Waals surface area contributed by atoms with Crippen molar-refractivity contribution in [3.8, 4) is 22.8 Å². The molecule has 0 fully saturated rings. The van der Waals surface area contributed by atoms with Crippen LogP contribution in [0.15, 0.2) is 36.5 Å². The molecule has 102 valence electrons. The van der Waals surface area contributed by atoms with Gasteiger partial charge in [-0.2, -0.15) is 5.10 Å². The van der Waals surface area contributed by atoms with Crippen LogP contribution < -0.4 is 9.47 Å². The average molecular weight is 269 g/mol. The zero-order chi connectivity index (χ0) is 14.1. The maximum atomic E-state index is 5.46. The second-order valence-electron chi connectivity index (χ2n) is 4.43. The topological polar surface area (TPSA) is 48.7 Å². The predicted octanol–water partition coefficient (Wildman–Crippen LogP) is 2.72. The summed E-state index contributed by atoms with van der Waals surface area (Å²) in [6, 6.07) is 9.61. The molecule has 2 heterocycles. The highest BCUT2D eigenvalue weighted by Gasteiger charge is 2.13. The highest BCUT2D eigenvalue weighted by molar-refractivity contribution is 5.71. The van der Waals surface area contributed by atoms with Gasteiger partial charge in [-0.15, -0.1) is 0 Å². The van der Waals surface area contributed by atoms with Crippen LogP contribution in [0.3, 0.4) is 0 Å². The number of para-hydroxylation sites is 1. The van der Waals surface area contributed by atoms with Crippen molar-refractivity contribution in [2.45, 2.75) is 6.92 Å². The van der Waals surface area contributed by atoms with Crippen LogP contribution in [0, 0.1) is 6.92 Å². The fourth-order valence-electron chi connectivity index (χ4n) is 2.22. The molecule has 1 aromatic carbocycles. The maximum absolute atomic E-state index is 5.46. The maximum Gasteiger partial charge on any atom is 0.170 e. The smallest absolute Gasteiger partial charge is 0.170 e. The summed E-state index contributed by atoms with van der Waals surface area (Å²) < 4.78 is 12.6. The van der Waals surface area contributed by atoms with Gasteiger partial charge in [0.2, 0.25) is 0 Å². The van der Waals surface area contributed by atoms with E-state index in [1.165, 1.54) is 0 Å². The number of methoxy groups -OCH3 is 2. The molecule has 0 N–H and O–H groups in total. The number of ether oxygens (including phenoxy) is 2. The number of hydrogen-bond acceptors (Lipinski definition) is 4. The summed E-state index contributed by atoms with van der Waals surface area (Å²) in [6.07, 6.45) is 1.80. The Morgan fingerprint density at radius 1 is 1.05 bits per heavy atom. The highest BCUT2D eigenvalue weighted by atomic mass is 16.5. The summed E-state index contributed by atoms with van der Waals surface area (Å²) in [7, 11) is 3.25. The molecule has 0 saturated carbocycles. The number of fused-ring (bicyclic) bond motifs is 1. The predicted molar refractivity (Wildman–Crippen MR) is 76.3 cm³/mol. The van der Waals surface area contributed by atoms with Crippen LogP contribution in [0.1, 0.15) is 5.69 Å². The lowest BCUT2D eigenvalue weighted by molar-refractivity contribution is 0.356. The molecule has 3 aromatic rings. The second kappa shape index (κ2) is 4.85. The van der Waals surface area contributed by atoms with Crippen LogP contribution in [0.4, 0.5) is 0 Å². The average Bonchev–Trinajstić information content (AvgIpc) is 2.87. The van der Waals surface area contributed by atoms with Crippen molar-refractivity contribution in [2.75, 3.05) is 14.2 Å². The third-order valence-corrected chi connectivity index (χ3v) is 3.21. The zero-order valence-electron chi connectivity index (χ0n) is 11.6. The molecule has 0 saturated heterocycles. The molecule has 0 radical (unpaired) electrons. The molecule has 0 aliphatic heterocycles. The van der Waals surface area contributed by atoms with Gasteiger partial charge in [-0.25, -0.2) is 9.50 Å². The van der Waals surface area contributed by atoms with Gasteiger partial charge < -0.3 is 9.47 Å². The summed E-state index contributed by atoms with van der Waals surface area (Å²) in [5, 5.41) is 4.61. The van der Waals surface area contributed by atoms with Gasteiger partial charge in [0.1, 0.15) is 0 Å². The molecule has 0 aliphatic carbocycles. The van der Waals surface area contributed by atoms with E-state index in [1.54, 1.807) is 20.4 Å². The fourth-order valence-corrected chi connectivity index (χ4v) is 2.22. The van der Waals surface area contributed by atoms with E-state index in [0.29, 0.717) is 11.5 Å². The molecule has 0 amide bonds. The number of aromatic nitrogens is 3. The Hall–Kier alpha value is -2.56. The van der Waals surface area contributed by atoms with E-state index >= 15 is 0 Å². The molecule has 2 aromatic heterocycles. The molecular weight excluding hydrogens is 254 g/mol. The van der Waals surface area contributed by atoms with E-state index in [9.17, 15) is 0 Å². The van der Waals surface area contributed by atoms with Crippen molar-refractivity contribution in [2.24, 2.45) is 0 Å². The Labute approximate surface area is 116 Å². The van der Waals surface area contributed by atoms with E-state index < -0.39 is 0 Å². The SMILES string of the molecule is COc1cccc(-c2ccc3ncc(C)n3n2)c1OC. The van der Waals surface area contributed by atoms with Crippen molar-refractivity contribution >= 4 is 5.65 Å². The Morgan fingerprint density at radius 3 is 2.65 bits per heavy atom. The van der Waals surface area contributed by atoms with Gasteiger partial charge in [0.25, 0.3) is 0 Å². The molecule has 20 heavy (non-hydrogen) atoms. The number of aryl methyl sites for hydroxylation is 1. The minimum atomic E-state index is 0.680.